The highest BCUT2D eigenvalue weighted by Gasteiger charge is 2.70. The molecule has 0 radical (unpaired) electrons. The molecule has 1 aliphatic carbocycles. The number of methoxy groups -OCH3 is 1. The quantitative estimate of drug-likeness (QED) is 0.887. The van der Waals surface area contributed by atoms with Crippen molar-refractivity contribution in [2.24, 2.45) is 17.1 Å². The minimum Gasteiger partial charge on any atom is -0.497 e. The molecule has 0 aromatic heterocycles. The van der Waals surface area contributed by atoms with E-state index in [0.29, 0.717) is 11.4 Å². The third-order valence-corrected chi connectivity index (χ3v) is 5.39. The van der Waals surface area contributed by atoms with Crippen molar-refractivity contribution < 1.29 is 14.3 Å². The number of anilines is 1. The van der Waals surface area contributed by atoms with Crippen LogP contribution in [0.3, 0.4) is 0 Å². The van der Waals surface area contributed by atoms with Gasteiger partial charge in [0.2, 0.25) is 5.91 Å². The summed E-state index contributed by atoms with van der Waals surface area (Å²) in [6.45, 7) is 4.80. The highest BCUT2D eigenvalue weighted by atomic mass is 35.5. The van der Waals surface area contributed by atoms with E-state index in [2.05, 4.69) is 5.32 Å². The van der Waals surface area contributed by atoms with Gasteiger partial charge < -0.3 is 20.5 Å². The molecule has 3 unspecified atom stereocenters. The maximum Gasteiger partial charge on any atom is 0.245 e. The van der Waals surface area contributed by atoms with Crippen LogP contribution < -0.4 is 15.8 Å². The molecule has 3 atom stereocenters. The van der Waals surface area contributed by atoms with Crippen LogP contribution >= 0.6 is 12.4 Å². The molecule has 2 fully saturated rings. The second-order valence-corrected chi connectivity index (χ2v) is 6.82. The number of carbonyl (C=O) groups excluding carboxylic acids is 1. The average molecular weight is 341 g/mol. The van der Waals surface area contributed by atoms with Crippen LogP contribution in [0.15, 0.2) is 24.3 Å². The number of nitrogens with one attached hydrogen (secondary N) is 1. The molecule has 1 saturated heterocycles. The highest BCUT2D eigenvalue weighted by molar-refractivity contribution is 6.00. The average Bonchev–Trinajstić information content (AvgIpc) is 2.54. The van der Waals surface area contributed by atoms with E-state index in [4.69, 9.17) is 15.2 Å². The van der Waals surface area contributed by atoms with Gasteiger partial charge in [-0.1, -0.05) is 19.9 Å². The topological polar surface area (TPSA) is 73.6 Å². The fourth-order valence-electron chi connectivity index (χ4n) is 3.97. The Labute approximate surface area is 143 Å². The molecule has 1 amide bonds. The molecule has 1 aliphatic heterocycles. The lowest BCUT2D eigenvalue weighted by Crippen LogP contribution is -2.81. The van der Waals surface area contributed by atoms with Gasteiger partial charge in [-0.05, 0) is 25.0 Å². The first kappa shape index (κ1) is 18.0. The number of hydrogen-bond donors (Lipinski definition) is 2. The largest absolute Gasteiger partial charge is 0.497 e. The van der Waals surface area contributed by atoms with Crippen LogP contribution in [0, 0.1) is 11.3 Å². The van der Waals surface area contributed by atoms with E-state index in [9.17, 15) is 4.79 Å². The summed E-state index contributed by atoms with van der Waals surface area (Å²) >= 11 is 0. The van der Waals surface area contributed by atoms with Gasteiger partial charge in [0.25, 0.3) is 0 Å². The maximum atomic E-state index is 12.9. The van der Waals surface area contributed by atoms with Crippen molar-refractivity contribution in [3.63, 3.8) is 0 Å². The predicted octanol–water partition coefficient (Wildman–Crippen LogP) is 2.59. The Hall–Kier alpha value is -1.30. The van der Waals surface area contributed by atoms with Gasteiger partial charge >= 0.3 is 0 Å². The Morgan fingerprint density at radius 3 is 2.87 bits per heavy atom. The van der Waals surface area contributed by atoms with Gasteiger partial charge in [-0.15, -0.1) is 12.4 Å². The number of rotatable bonds is 3. The Kier molecular flexibility index (Phi) is 4.95. The summed E-state index contributed by atoms with van der Waals surface area (Å²) in [6.07, 6.45) is 1.97. The number of fused-ring (bicyclic) bond motifs is 1. The van der Waals surface area contributed by atoms with E-state index >= 15 is 0 Å². The summed E-state index contributed by atoms with van der Waals surface area (Å²) in [4.78, 5) is 12.9. The Morgan fingerprint density at radius 2 is 2.17 bits per heavy atom. The summed E-state index contributed by atoms with van der Waals surface area (Å²) in [5.74, 6) is 0.648. The first-order valence-corrected chi connectivity index (χ1v) is 7.77. The summed E-state index contributed by atoms with van der Waals surface area (Å²) in [5.41, 5.74) is 6.00. The standard InChI is InChI=1S/C17H24N2O3.ClH/c1-16(2)14-13(8-5-9-22-14)17(16,18)15(20)19-11-6-4-7-12(10-11)21-3;/h4,6-7,10,13-14H,5,8-9,18H2,1-3H3,(H,19,20);1H. The molecule has 2 aliphatic rings. The second kappa shape index (κ2) is 6.30. The molecule has 1 saturated carbocycles. The zero-order valence-electron chi connectivity index (χ0n) is 13.8. The van der Waals surface area contributed by atoms with Crippen LogP contribution in [0.25, 0.3) is 0 Å². The van der Waals surface area contributed by atoms with E-state index < -0.39 is 5.54 Å². The number of amides is 1. The van der Waals surface area contributed by atoms with E-state index in [1.807, 2.05) is 32.0 Å². The van der Waals surface area contributed by atoms with E-state index in [0.717, 1.165) is 19.4 Å². The molecule has 0 spiro atoms. The smallest absolute Gasteiger partial charge is 0.245 e. The Bertz CT molecular complexity index is 593. The van der Waals surface area contributed by atoms with Crippen molar-refractivity contribution in [3.8, 4) is 5.75 Å². The summed E-state index contributed by atoms with van der Waals surface area (Å²) < 4.78 is 11.0. The normalized spacial score (nSPS) is 31.1. The third kappa shape index (κ3) is 2.61. The summed E-state index contributed by atoms with van der Waals surface area (Å²) in [7, 11) is 1.60. The van der Waals surface area contributed by atoms with Gasteiger partial charge in [0.15, 0.2) is 0 Å². The second-order valence-electron chi connectivity index (χ2n) is 6.82. The van der Waals surface area contributed by atoms with Gasteiger partial charge in [-0.25, -0.2) is 0 Å². The molecule has 5 nitrogen and oxygen atoms in total. The molecule has 23 heavy (non-hydrogen) atoms. The lowest BCUT2D eigenvalue weighted by Gasteiger charge is -2.65. The van der Waals surface area contributed by atoms with Crippen LogP contribution in [0.5, 0.6) is 5.75 Å². The first-order chi connectivity index (χ1) is 10.4. The number of carbonyl (C=O) groups is 1. The monoisotopic (exact) mass is 340 g/mol. The molecule has 6 heteroatoms. The summed E-state index contributed by atoms with van der Waals surface area (Å²) in [6, 6.07) is 7.31. The van der Waals surface area contributed by atoms with Crippen LogP contribution in [0.4, 0.5) is 5.69 Å². The van der Waals surface area contributed by atoms with Crippen molar-refractivity contribution >= 4 is 24.0 Å². The summed E-state index contributed by atoms with van der Waals surface area (Å²) in [5, 5.41) is 2.95. The van der Waals surface area contributed by atoms with Crippen LogP contribution in [-0.4, -0.2) is 31.3 Å². The molecule has 0 bridgehead atoms. The van der Waals surface area contributed by atoms with Crippen molar-refractivity contribution in [2.75, 3.05) is 19.0 Å². The minimum atomic E-state index is -0.902. The van der Waals surface area contributed by atoms with Crippen molar-refractivity contribution in [2.45, 2.75) is 38.3 Å². The lowest BCUT2D eigenvalue weighted by molar-refractivity contribution is -0.222. The molecular formula is C17H25ClN2O3. The van der Waals surface area contributed by atoms with Crippen molar-refractivity contribution in [1.82, 2.24) is 0 Å². The van der Waals surface area contributed by atoms with Gasteiger partial charge in [0.1, 0.15) is 11.3 Å². The molecular weight excluding hydrogens is 316 g/mol. The number of ether oxygens (including phenoxy) is 2. The van der Waals surface area contributed by atoms with Crippen LogP contribution in [0.1, 0.15) is 26.7 Å². The molecule has 1 aromatic carbocycles. The zero-order valence-corrected chi connectivity index (χ0v) is 14.6. The molecule has 1 aromatic rings. The van der Waals surface area contributed by atoms with Crippen LogP contribution in [-0.2, 0) is 9.53 Å². The van der Waals surface area contributed by atoms with E-state index in [1.165, 1.54) is 0 Å². The zero-order chi connectivity index (χ0) is 16.0. The number of benzene rings is 1. The predicted molar refractivity (Wildman–Crippen MR) is 92.0 cm³/mol. The number of hydrogen-bond acceptors (Lipinski definition) is 4. The Balaban J connectivity index is 0.00000192. The highest BCUT2D eigenvalue weighted by Crippen LogP contribution is 2.57. The van der Waals surface area contributed by atoms with E-state index in [1.54, 1.807) is 13.2 Å². The fourth-order valence-corrected chi connectivity index (χ4v) is 3.97. The Morgan fingerprint density at radius 1 is 1.43 bits per heavy atom. The maximum absolute atomic E-state index is 12.9. The van der Waals surface area contributed by atoms with E-state index in [-0.39, 0.29) is 35.8 Å². The van der Waals surface area contributed by atoms with Gasteiger partial charge in [0, 0.05) is 29.7 Å². The SMILES string of the molecule is COc1cccc(NC(=O)C2(N)C3CCCOC3C2(C)C)c1.Cl. The molecule has 3 N–H and O–H groups in total. The van der Waals surface area contributed by atoms with Crippen molar-refractivity contribution in [1.29, 1.82) is 0 Å². The lowest BCUT2D eigenvalue weighted by atomic mass is 9.46. The van der Waals surface area contributed by atoms with Gasteiger partial charge in [-0.3, -0.25) is 4.79 Å². The number of nitrogens with two attached hydrogens (primary N) is 1. The van der Waals surface area contributed by atoms with Crippen molar-refractivity contribution in [3.05, 3.63) is 24.3 Å². The molecule has 1 heterocycles. The molecule has 3 rings (SSSR count). The number of halogens is 1. The molecule has 128 valence electrons. The minimum absolute atomic E-state index is 0. The first-order valence-electron chi connectivity index (χ1n) is 7.77. The third-order valence-electron chi connectivity index (χ3n) is 5.39. The van der Waals surface area contributed by atoms with Gasteiger partial charge in [0.05, 0.1) is 13.2 Å². The van der Waals surface area contributed by atoms with Crippen LogP contribution in [0.2, 0.25) is 0 Å². The van der Waals surface area contributed by atoms with Gasteiger partial charge in [-0.2, -0.15) is 0 Å². The fraction of sp³-hybridized carbons (Fsp3) is 0.588.